The smallest absolute Gasteiger partial charge is 0.325 e. The fourth-order valence-corrected chi connectivity index (χ4v) is 7.11. The quantitative estimate of drug-likeness (QED) is 0.103. The Bertz CT molecular complexity index is 2040. The number of amides is 4. The molecule has 1 aromatic heterocycles. The molecule has 2 bridgehead atoms. The summed E-state index contributed by atoms with van der Waals surface area (Å²) in [6.45, 7) is 8.03. The van der Waals surface area contributed by atoms with Crippen molar-refractivity contribution in [2.24, 2.45) is 17.8 Å². The Hall–Kier alpha value is -6.04. The van der Waals surface area contributed by atoms with Gasteiger partial charge in [-0.05, 0) is 74.4 Å². The number of fused-ring (bicyclic) bond motifs is 2. The molecular weight excluding hydrogens is 816 g/mol. The standard InChI is InChI=1S/C46H59FN6O10/c1-27(2)41-44(60)49-36(25-31-23-32(47)26-33(55)24-31)45(61)53-22-12-14-35(52-53)46(62)63-38(28(3)13-11-18-40(57)50-39-17-9-10-21-48-39)16-8-6-7-15-37(56)30(5)42(58)34(43(59)51-41)20-19-29(4)54/h6-11,13,15,17-18,21,23-24,26-27,30,34-38,41-42,52,55-56,58H,12,14,16,19-20,22,25H2,1-5H3,(H,49,60)(H,51,59)(H,48,50,57)/b8-6+,15-7+,18-11+,28-13+/t30-,34+,35?,36-,37-,38-,41-,42+/m0/s1. The first-order chi connectivity index (χ1) is 29.9. The number of aromatic hydroxyl groups is 1. The largest absolute Gasteiger partial charge is 0.508 e. The summed E-state index contributed by atoms with van der Waals surface area (Å²) in [5.41, 5.74) is 3.66. The summed E-state index contributed by atoms with van der Waals surface area (Å²) in [6.07, 6.45) is 8.96. The average molecular weight is 875 g/mol. The number of carbonyl (C=O) groups excluding carboxylic acids is 6. The number of aliphatic hydroxyl groups excluding tert-OH is 2. The number of halogens is 1. The minimum Gasteiger partial charge on any atom is -0.508 e. The number of carbonyl (C=O) groups is 6. The van der Waals surface area contributed by atoms with Crippen molar-refractivity contribution in [3.63, 3.8) is 0 Å². The van der Waals surface area contributed by atoms with E-state index in [9.17, 15) is 48.5 Å². The van der Waals surface area contributed by atoms with E-state index in [1.165, 1.54) is 55.4 Å². The Morgan fingerprint density at radius 2 is 1.83 bits per heavy atom. The number of hydrazine groups is 1. The Labute approximate surface area is 366 Å². The molecule has 8 atom stereocenters. The third-order valence-electron chi connectivity index (χ3n) is 10.8. The molecule has 16 nitrogen and oxygen atoms in total. The number of hydrogen-bond donors (Lipinski definition) is 7. The number of nitrogens with one attached hydrogen (secondary N) is 4. The number of ketones is 1. The van der Waals surface area contributed by atoms with Gasteiger partial charge in [0.15, 0.2) is 0 Å². The summed E-state index contributed by atoms with van der Waals surface area (Å²) < 4.78 is 20.5. The van der Waals surface area contributed by atoms with E-state index in [4.69, 9.17) is 4.74 Å². The number of nitrogens with zero attached hydrogens (tertiary/aromatic N) is 2. The van der Waals surface area contributed by atoms with Crippen molar-refractivity contribution in [2.75, 3.05) is 11.9 Å². The van der Waals surface area contributed by atoms with E-state index in [0.717, 1.165) is 12.1 Å². The van der Waals surface area contributed by atoms with Crippen molar-refractivity contribution in [3.05, 3.63) is 102 Å². The van der Waals surface area contributed by atoms with Crippen LogP contribution in [0, 0.1) is 23.6 Å². The maximum Gasteiger partial charge on any atom is 0.325 e. The highest BCUT2D eigenvalue weighted by molar-refractivity contribution is 5.98. The van der Waals surface area contributed by atoms with Gasteiger partial charge in [-0.15, -0.1) is 0 Å². The Kier molecular flexibility index (Phi) is 18.9. The molecular formula is C46H59FN6O10. The minimum atomic E-state index is -1.47. The van der Waals surface area contributed by atoms with Gasteiger partial charge < -0.3 is 40.8 Å². The first-order valence-electron chi connectivity index (χ1n) is 21.1. The number of phenols is 1. The molecule has 1 aromatic carbocycles. The SMILES string of the molecule is CC(=O)CC[C@H]1C(=O)N[C@@H](C(C)C)C(=O)N[C@@H](Cc2cc(O)cc(F)c2)C(=O)N2CCCC(N2)C(=O)O[C@H](/C(C)=C/C=C/C(=O)Nc2ccccn2)C/C=C/C=C/[C@H](O)[C@H](C)[C@H]1O. The van der Waals surface area contributed by atoms with Gasteiger partial charge in [0.1, 0.15) is 47.4 Å². The summed E-state index contributed by atoms with van der Waals surface area (Å²) in [6, 6.07) is 4.64. The number of phenolic OH excluding ortho intramolecular Hbond substituents is 1. The number of cyclic esters (lactones) is 1. The molecule has 2 aliphatic heterocycles. The van der Waals surface area contributed by atoms with Crippen molar-refractivity contribution < 1.29 is 53.2 Å². The lowest BCUT2D eigenvalue weighted by atomic mass is 9.84. The summed E-state index contributed by atoms with van der Waals surface area (Å²) in [4.78, 5) is 84.8. The van der Waals surface area contributed by atoms with Gasteiger partial charge in [0.25, 0.3) is 5.91 Å². The van der Waals surface area contributed by atoms with Crippen molar-refractivity contribution in [1.82, 2.24) is 26.1 Å². The molecule has 340 valence electrons. The van der Waals surface area contributed by atoms with Gasteiger partial charge in [0.2, 0.25) is 17.7 Å². The Morgan fingerprint density at radius 3 is 2.51 bits per heavy atom. The van der Waals surface area contributed by atoms with Crippen LogP contribution in [0.2, 0.25) is 0 Å². The topological polar surface area (TPSA) is 237 Å². The second-order valence-electron chi connectivity index (χ2n) is 16.3. The van der Waals surface area contributed by atoms with E-state index in [0.29, 0.717) is 17.8 Å². The minimum absolute atomic E-state index is 0.0657. The lowest BCUT2D eigenvalue weighted by Crippen LogP contribution is -2.62. The van der Waals surface area contributed by atoms with Crippen LogP contribution in [0.3, 0.4) is 0 Å². The number of rotatable bonds is 10. The summed E-state index contributed by atoms with van der Waals surface area (Å²) >= 11 is 0. The molecule has 2 aromatic rings. The van der Waals surface area contributed by atoms with Crippen LogP contribution in [0.1, 0.15) is 72.3 Å². The number of hydrogen-bond acceptors (Lipinski definition) is 12. The Morgan fingerprint density at radius 1 is 1.06 bits per heavy atom. The number of aromatic nitrogens is 1. The first kappa shape index (κ1) is 49.6. The van der Waals surface area contributed by atoms with E-state index in [1.54, 1.807) is 57.2 Å². The average Bonchev–Trinajstić information content (AvgIpc) is 3.23. The van der Waals surface area contributed by atoms with Crippen LogP contribution in [0.15, 0.2) is 90.7 Å². The predicted octanol–water partition coefficient (Wildman–Crippen LogP) is 3.50. The zero-order valence-corrected chi connectivity index (χ0v) is 36.2. The van der Waals surface area contributed by atoms with Crippen LogP contribution in [-0.2, 0) is 39.9 Å². The zero-order chi connectivity index (χ0) is 46.2. The van der Waals surface area contributed by atoms with Gasteiger partial charge in [-0.25, -0.2) is 14.8 Å². The van der Waals surface area contributed by atoms with Gasteiger partial charge >= 0.3 is 5.97 Å². The molecule has 1 unspecified atom stereocenters. The second kappa shape index (κ2) is 24.0. The number of Topliss-reactive ketones (excluding diaryl/α,β-unsaturated/α-hetero) is 1. The van der Waals surface area contributed by atoms with Crippen molar-refractivity contribution in [1.29, 1.82) is 0 Å². The van der Waals surface area contributed by atoms with Crippen LogP contribution in [0.5, 0.6) is 5.75 Å². The molecule has 0 spiro atoms. The maximum absolute atomic E-state index is 14.5. The van der Waals surface area contributed by atoms with Crippen molar-refractivity contribution in [2.45, 2.75) is 110 Å². The van der Waals surface area contributed by atoms with Crippen LogP contribution in [-0.4, -0.2) is 104 Å². The van der Waals surface area contributed by atoms with E-state index in [-0.39, 0.29) is 50.0 Å². The summed E-state index contributed by atoms with van der Waals surface area (Å²) in [5.74, 6) is -7.14. The van der Waals surface area contributed by atoms with Gasteiger partial charge in [0.05, 0.1) is 18.1 Å². The third-order valence-corrected chi connectivity index (χ3v) is 10.8. The zero-order valence-electron chi connectivity index (χ0n) is 36.2. The molecule has 2 aliphatic rings. The highest BCUT2D eigenvalue weighted by Crippen LogP contribution is 2.24. The monoisotopic (exact) mass is 874 g/mol. The van der Waals surface area contributed by atoms with Gasteiger partial charge in [0, 0.05) is 50.1 Å². The van der Waals surface area contributed by atoms with Crippen LogP contribution in [0.4, 0.5) is 10.2 Å². The first-order valence-corrected chi connectivity index (χ1v) is 21.1. The number of allylic oxidation sites excluding steroid dienone is 4. The van der Waals surface area contributed by atoms with Crippen LogP contribution in [0.25, 0.3) is 0 Å². The molecule has 1 fully saturated rings. The fourth-order valence-electron chi connectivity index (χ4n) is 7.11. The normalized spacial score (nSPS) is 27.1. The summed E-state index contributed by atoms with van der Waals surface area (Å²) in [7, 11) is 0. The molecule has 0 radical (unpaired) electrons. The highest BCUT2D eigenvalue weighted by Gasteiger charge is 2.38. The number of benzene rings is 1. The molecule has 0 saturated carbocycles. The number of esters is 1. The molecule has 4 rings (SSSR count). The van der Waals surface area contributed by atoms with Crippen molar-refractivity contribution >= 4 is 41.2 Å². The Balaban J connectivity index is 1.71. The number of aliphatic hydroxyl groups is 2. The molecule has 7 N–H and O–H groups in total. The molecule has 17 heteroatoms. The molecule has 4 amide bonds. The van der Waals surface area contributed by atoms with E-state index >= 15 is 0 Å². The lowest BCUT2D eigenvalue weighted by molar-refractivity contribution is -0.156. The van der Waals surface area contributed by atoms with Gasteiger partial charge in [-0.2, -0.15) is 0 Å². The number of ether oxygens (including phenoxy) is 1. The van der Waals surface area contributed by atoms with E-state index in [1.807, 2.05) is 0 Å². The van der Waals surface area contributed by atoms with Crippen molar-refractivity contribution in [3.8, 4) is 5.75 Å². The summed E-state index contributed by atoms with van der Waals surface area (Å²) in [5, 5.41) is 41.9. The fraction of sp³-hybridized carbons (Fsp3) is 0.457. The second-order valence-corrected chi connectivity index (χ2v) is 16.3. The molecule has 63 heavy (non-hydrogen) atoms. The number of anilines is 1. The van der Waals surface area contributed by atoms with Crippen LogP contribution >= 0.6 is 0 Å². The van der Waals surface area contributed by atoms with E-state index < -0.39 is 95.4 Å². The van der Waals surface area contributed by atoms with Gasteiger partial charge in [-0.1, -0.05) is 63.3 Å². The molecule has 1 saturated heterocycles. The lowest BCUT2D eigenvalue weighted by Gasteiger charge is -2.36. The number of pyridine rings is 1. The van der Waals surface area contributed by atoms with E-state index in [2.05, 4.69) is 26.4 Å². The molecule has 0 aliphatic carbocycles. The predicted molar refractivity (Wildman–Crippen MR) is 231 cm³/mol. The van der Waals surface area contributed by atoms with Crippen LogP contribution < -0.4 is 21.4 Å². The third kappa shape index (κ3) is 15.4. The molecule has 3 heterocycles. The highest BCUT2D eigenvalue weighted by atomic mass is 19.1. The van der Waals surface area contributed by atoms with Gasteiger partial charge in [-0.3, -0.25) is 29.0 Å². The maximum atomic E-state index is 14.5.